The van der Waals surface area contributed by atoms with Crippen molar-refractivity contribution in [1.29, 1.82) is 0 Å². The van der Waals surface area contributed by atoms with E-state index in [1.54, 1.807) is 4.90 Å². The molecular weight excluding hydrogens is 392 g/mol. The first-order chi connectivity index (χ1) is 12.3. The highest BCUT2D eigenvalue weighted by Gasteiger charge is 2.46. The SMILES string of the molecule is CCN1C(=O)/C(=C2/SC(=S)N([C@H]3CCS(=O)(=O)C3)C2=O)c2ccccc21. The molecule has 9 heteroatoms. The quantitative estimate of drug-likeness (QED) is 0.549. The van der Waals surface area contributed by atoms with Crippen LogP contribution in [0.3, 0.4) is 0 Å². The van der Waals surface area contributed by atoms with Gasteiger partial charge in [-0.25, -0.2) is 8.42 Å². The predicted molar refractivity (Wildman–Crippen MR) is 105 cm³/mol. The molecule has 0 N–H and O–H groups in total. The lowest BCUT2D eigenvalue weighted by atomic mass is 10.1. The van der Waals surface area contributed by atoms with E-state index in [0.29, 0.717) is 27.8 Å². The molecule has 4 rings (SSSR count). The number of sulfone groups is 1. The second-order valence-electron chi connectivity index (χ2n) is 6.37. The minimum atomic E-state index is -3.14. The van der Waals surface area contributed by atoms with Gasteiger partial charge in [0, 0.05) is 12.1 Å². The number of para-hydroxylation sites is 1. The Bertz CT molecular complexity index is 983. The van der Waals surface area contributed by atoms with E-state index >= 15 is 0 Å². The molecule has 0 radical (unpaired) electrons. The Labute approximate surface area is 161 Å². The van der Waals surface area contributed by atoms with Crippen molar-refractivity contribution in [2.24, 2.45) is 0 Å². The van der Waals surface area contributed by atoms with Gasteiger partial charge in [-0.3, -0.25) is 14.5 Å². The third-order valence-electron chi connectivity index (χ3n) is 4.84. The number of anilines is 1. The molecule has 3 heterocycles. The normalized spacial score (nSPS) is 27.6. The molecule has 136 valence electrons. The van der Waals surface area contributed by atoms with Gasteiger partial charge in [-0.1, -0.05) is 42.2 Å². The molecule has 2 saturated heterocycles. The smallest absolute Gasteiger partial charge is 0.267 e. The van der Waals surface area contributed by atoms with Crippen LogP contribution < -0.4 is 4.90 Å². The molecule has 0 aromatic heterocycles. The van der Waals surface area contributed by atoms with Crippen LogP contribution in [0.25, 0.3) is 5.57 Å². The van der Waals surface area contributed by atoms with Crippen molar-refractivity contribution in [3.8, 4) is 0 Å². The third-order valence-corrected chi connectivity index (χ3v) is 7.99. The van der Waals surface area contributed by atoms with E-state index in [4.69, 9.17) is 12.2 Å². The van der Waals surface area contributed by atoms with Crippen LogP contribution in [0.4, 0.5) is 5.69 Å². The second kappa shape index (κ2) is 6.17. The second-order valence-corrected chi connectivity index (χ2v) is 10.2. The number of amides is 2. The maximum absolute atomic E-state index is 13.0. The molecule has 3 aliphatic heterocycles. The molecule has 1 aromatic rings. The average Bonchev–Trinajstić information content (AvgIpc) is 3.18. The van der Waals surface area contributed by atoms with Gasteiger partial charge in [0.15, 0.2) is 9.84 Å². The molecule has 0 aliphatic carbocycles. The van der Waals surface area contributed by atoms with Crippen molar-refractivity contribution in [2.45, 2.75) is 19.4 Å². The maximum atomic E-state index is 13.0. The zero-order valence-corrected chi connectivity index (χ0v) is 16.4. The summed E-state index contributed by atoms with van der Waals surface area (Å²) in [6, 6.07) is 6.92. The van der Waals surface area contributed by atoms with E-state index in [1.165, 1.54) is 4.90 Å². The molecule has 6 nitrogen and oxygen atoms in total. The van der Waals surface area contributed by atoms with Crippen LogP contribution in [-0.2, 0) is 19.4 Å². The average molecular weight is 409 g/mol. The summed E-state index contributed by atoms with van der Waals surface area (Å²) in [4.78, 5) is 29.3. The summed E-state index contributed by atoms with van der Waals surface area (Å²) in [5.74, 6) is -0.592. The zero-order chi connectivity index (χ0) is 18.6. The molecule has 1 aromatic carbocycles. The van der Waals surface area contributed by atoms with Crippen LogP contribution in [0.1, 0.15) is 18.9 Å². The number of carbonyl (C=O) groups is 2. The number of thioether (sulfide) groups is 1. The van der Waals surface area contributed by atoms with E-state index in [9.17, 15) is 18.0 Å². The summed E-state index contributed by atoms with van der Waals surface area (Å²) < 4.78 is 23.9. The van der Waals surface area contributed by atoms with Crippen molar-refractivity contribution in [3.05, 3.63) is 34.7 Å². The minimum Gasteiger partial charge on any atom is -0.308 e. The summed E-state index contributed by atoms with van der Waals surface area (Å²) in [5, 5.41) is 0. The first-order valence-corrected chi connectivity index (χ1v) is 11.3. The number of benzene rings is 1. The lowest BCUT2D eigenvalue weighted by Gasteiger charge is -2.21. The Hall–Kier alpha value is -1.71. The van der Waals surface area contributed by atoms with Gasteiger partial charge in [0.05, 0.1) is 33.7 Å². The number of thiocarbonyl (C=S) groups is 1. The van der Waals surface area contributed by atoms with Crippen LogP contribution in [0.2, 0.25) is 0 Å². The van der Waals surface area contributed by atoms with Gasteiger partial charge < -0.3 is 4.90 Å². The Morgan fingerprint density at radius 1 is 1.23 bits per heavy atom. The minimum absolute atomic E-state index is 0.0615. The molecule has 26 heavy (non-hydrogen) atoms. The Balaban J connectivity index is 1.78. The lowest BCUT2D eigenvalue weighted by Crippen LogP contribution is -2.39. The van der Waals surface area contributed by atoms with Crippen molar-refractivity contribution in [1.82, 2.24) is 4.90 Å². The number of hydrogen-bond donors (Lipinski definition) is 0. The summed E-state index contributed by atoms with van der Waals surface area (Å²) in [6.45, 7) is 2.38. The molecule has 0 bridgehead atoms. The van der Waals surface area contributed by atoms with Gasteiger partial charge in [-0.05, 0) is 19.4 Å². The third kappa shape index (κ3) is 2.60. The van der Waals surface area contributed by atoms with E-state index in [2.05, 4.69) is 0 Å². The molecule has 0 spiro atoms. The Kier molecular flexibility index (Phi) is 4.20. The van der Waals surface area contributed by atoms with Crippen LogP contribution in [0.15, 0.2) is 29.2 Å². The molecular formula is C17H16N2O4S3. The van der Waals surface area contributed by atoms with Gasteiger partial charge in [0.25, 0.3) is 11.8 Å². The van der Waals surface area contributed by atoms with Crippen LogP contribution in [-0.4, -0.2) is 53.5 Å². The summed E-state index contributed by atoms with van der Waals surface area (Å²) in [6.07, 6.45) is 0.378. The number of nitrogens with zero attached hydrogens (tertiary/aromatic N) is 2. The van der Waals surface area contributed by atoms with E-state index in [-0.39, 0.29) is 23.3 Å². The van der Waals surface area contributed by atoms with Gasteiger partial charge in [-0.2, -0.15) is 0 Å². The highest BCUT2D eigenvalue weighted by atomic mass is 32.2. The molecule has 0 saturated carbocycles. The van der Waals surface area contributed by atoms with Crippen LogP contribution >= 0.6 is 24.0 Å². The molecule has 0 unspecified atom stereocenters. The number of carbonyl (C=O) groups excluding carboxylic acids is 2. The van der Waals surface area contributed by atoms with Gasteiger partial charge >= 0.3 is 0 Å². The Morgan fingerprint density at radius 3 is 2.62 bits per heavy atom. The summed E-state index contributed by atoms with van der Waals surface area (Å²) in [5.41, 5.74) is 1.87. The van der Waals surface area contributed by atoms with Crippen LogP contribution in [0, 0.1) is 0 Å². The first kappa shape index (κ1) is 17.7. The molecule has 2 fully saturated rings. The van der Waals surface area contributed by atoms with E-state index in [0.717, 1.165) is 23.0 Å². The van der Waals surface area contributed by atoms with E-state index in [1.807, 2.05) is 31.2 Å². The summed E-state index contributed by atoms with van der Waals surface area (Å²) >= 11 is 6.44. The first-order valence-electron chi connectivity index (χ1n) is 8.25. The number of rotatable bonds is 2. The largest absolute Gasteiger partial charge is 0.308 e. The van der Waals surface area contributed by atoms with Crippen molar-refractivity contribution in [2.75, 3.05) is 23.0 Å². The van der Waals surface area contributed by atoms with Crippen molar-refractivity contribution in [3.63, 3.8) is 0 Å². The highest BCUT2D eigenvalue weighted by Crippen LogP contribution is 2.45. The summed E-state index contributed by atoms with van der Waals surface area (Å²) in [7, 11) is -3.14. The topological polar surface area (TPSA) is 74.8 Å². The zero-order valence-electron chi connectivity index (χ0n) is 14.0. The standard InChI is InChI=1S/C17H16N2O4S3/c1-2-18-12-6-4-3-5-11(12)13(15(18)20)14-16(21)19(17(24)25-14)10-7-8-26(22,23)9-10/h3-6,10H,2,7-9H2,1H3/b14-13+/t10-/m0/s1. The highest BCUT2D eigenvalue weighted by molar-refractivity contribution is 8.26. The monoisotopic (exact) mass is 408 g/mol. The van der Waals surface area contributed by atoms with Gasteiger partial charge in [0.2, 0.25) is 0 Å². The van der Waals surface area contributed by atoms with Crippen LogP contribution in [0.5, 0.6) is 0 Å². The van der Waals surface area contributed by atoms with Gasteiger partial charge in [0.1, 0.15) is 4.32 Å². The fourth-order valence-corrected chi connectivity index (χ4v) is 6.81. The lowest BCUT2D eigenvalue weighted by molar-refractivity contribution is -0.123. The Morgan fingerprint density at radius 2 is 1.96 bits per heavy atom. The number of likely N-dealkylation sites (N-methyl/N-ethyl adjacent to an activating group) is 1. The number of fused-ring (bicyclic) bond motifs is 1. The maximum Gasteiger partial charge on any atom is 0.267 e. The van der Waals surface area contributed by atoms with Gasteiger partial charge in [-0.15, -0.1) is 0 Å². The molecule has 1 atom stereocenters. The molecule has 3 aliphatic rings. The fraction of sp³-hybridized carbons (Fsp3) is 0.353. The van der Waals surface area contributed by atoms with E-state index < -0.39 is 15.9 Å². The number of hydrogen-bond acceptors (Lipinski definition) is 6. The van der Waals surface area contributed by atoms with Crippen molar-refractivity contribution >= 4 is 61.2 Å². The molecule has 2 amide bonds. The van der Waals surface area contributed by atoms with Crippen molar-refractivity contribution < 1.29 is 18.0 Å². The predicted octanol–water partition coefficient (Wildman–Crippen LogP) is 1.81. The fourth-order valence-electron chi connectivity index (χ4n) is 3.64.